The van der Waals surface area contributed by atoms with Gasteiger partial charge in [-0.3, -0.25) is 0 Å². The van der Waals surface area contributed by atoms with Crippen molar-refractivity contribution in [3.63, 3.8) is 0 Å². The molecule has 0 aliphatic carbocycles. The van der Waals surface area contributed by atoms with E-state index < -0.39 is 0 Å². The van der Waals surface area contributed by atoms with E-state index in [-0.39, 0.29) is 0 Å². The molecule has 0 saturated carbocycles. The molecule has 2 aromatic heterocycles. The maximum atomic E-state index is 4.29. The number of fused-ring (bicyclic) bond motifs is 1. The number of nitrogens with zero attached hydrogens (tertiary/aromatic N) is 2. The summed E-state index contributed by atoms with van der Waals surface area (Å²) >= 11 is 3.43. The summed E-state index contributed by atoms with van der Waals surface area (Å²) < 4.78 is 1.02. The van der Waals surface area contributed by atoms with E-state index in [1.54, 1.807) is 6.20 Å². The first-order chi connectivity index (χ1) is 6.66. The normalized spacial score (nSPS) is 11.4. The molecule has 74 valence electrons. The number of hydrogen-bond donors (Lipinski definition) is 1. The van der Waals surface area contributed by atoms with Gasteiger partial charge in [0.05, 0.1) is 0 Å². The van der Waals surface area contributed by atoms with Crippen LogP contribution in [0, 0.1) is 0 Å². The van der Waals surface area contributed by atoms with Crippen LogP contribution in [0.15, 0.2) is 22.9 Å². The Hall–Kier alpha value is -0.870. The lowest BCUT2D eigenvalue weighted by Gasteiger charge is -2.07. The van der Waals surface area contributed by atoms with Gasteiger partial charge in [0, 0.05) is 28.8 Å². The van der Waals surface area contributed by atoms with E-state index in [1.165, 1.54) is 10.9 Å². The van der Waals surface area contributed by atoms with E-state index in [9.17, 15) is 0 Å². The highest BCUT2D eigenvalue weighted by Gasteiger charge is 2.05. The summed E-state index contributed by atoms with van der Waals surface area (Å²) in [7, 11) is 4.12. The van der Waals surface area contributed by atoms with Crippen molar-refractivity contribution >= 4 is 27.0 Å². The van der Waals surface area contributed by atoms with Crippen LogP contribution in [0.2, 0.25) is 0 Å². The summed E-state index contributed by atoms with van der Waals surface area (Å²) in [4.78, 5) is 9.59. The van der Waals surface area contributed by atoms with Gasteiger partial charge in [0.2, 0.25) is 0 Å². The molecule has 0 aliphatic heterocycles. The molecule has 0 saturated heterocycles. The molecular formula is C10H12BrN3. The molecule has 0 aromatic carbocycles. The Bertz CT molecular complexity index is 448. The first kappa shape index (κ1) is 9.68. The second-order valence-electron chi connectivity index (χ2n) is 3.60. The summed E-state index contributed by atoms with van der Waals surface area (Å²) in [5.74, 6) is 0. The molecule has 0 amide bonds. The third-order valence-electron chi connectivity index (χ3n) is 2.07. The van der Waals surface area contributed by atoms with Crippen LogP contribution in [-0.4, -0.2) is 29.0 Å². The Morgan fingerprint density at radius 1 is 1.50 bits per heavy atom. The fourth-order valence-electron chi connectivity index (χ4n) is 1.50. The van der Waals surface area contributed by atoms with Crippen molar-refractivity contribution in [2.45, 2.75) is 6.54 Å². The Balaban J connectivity index is 2.50. The largest absolute Gasteiger partial charge is 0.346 e. The number of halogens is 1. The van der Waals surface area contributed by atoms with Gasteiger partial charge in [-0.15, -0.1) is 0 Å². The third kappa shape index (κ3) is 1.81. The van der Waals surface area contributed by atoms with Crippen LogP contribution >= 0.6 is 15.9 Å². The molecule has 0 unspecified atom stereocenters. The zero-order valence-electron chi connectivity index (χ0n) is 8.21. The van der Waals surface area contributed by atoms with Gasteiger partial charge in [0.25, 0.3) is 0 Å². The van der Waals surface area contributed by atoms with Crippen molar-refractivity contribution < 1.29 is 0 Å². The highest BCUT2D eigenvalue weighted by molar-refractivity contribution is 9.10. The SMILES string of the molecule is CN(C)Cc1c[nH]c2ncc(Br)cc12. The highest BCUT2D eigenvalue weighted by Crippen LogP contribution is 2.21. The summed E-state index contributed by atoms with van der Waals surface area (Å²) in [5.41, 5.74) is 2.23. The number of nitrogens with one attached hydrogen (secondary N) is 1. The molecule has 0 spiro atoms. The van der Waals surface area contributed by atoms with E-state index >= 15 is 0 Å². The summed E-state index contributed by atoms with van der Waals surface area (Å²) in [5, 5.41) is 1.19. The van der Waals surface area contributed by atoms with E-state index in [1.807, 2.05) is 6.20 Å². The molecular weight excluding hydrogens is 242 g/mol. The van der Waals surface area contributed by atoms with Gasteiger partial charge in [0.15, 0.2) is 0 Å². The molecule has 3 nitrogen and oxygen atoms in total. The van der Waals surface area contributed by atoms with Gasteiger partial charge >= 0.3 is 0 Å². The maximum Gasteiger partial charge on any atom is 0.137 e. The van der Waals surface area contributed by atoms with Gasteiger partial charge in [0.1, 0.15) is 5.65 Å². The fraction of sp³-hybridized carbons (Fsp3) is 0.300. The number of rotatable bonds is 2. The summed E-state index contributed by atoms with van der Waals surface area (Å²) in [6, 6.07) is 2.09. The quantitative estimate of drug-likeness (QED) is 0.892. The lowest BCUT2D eigenvalue weighted by Crippen LogP contribution is -2.10. The Morgan fingerprint density at radius 2 is 2.29 bits per heavy atom. The van der Waals surface area contributed by atoms with Crippen LogP contribution in [-0.2, 0) is 6.54 Å². The number of pyridine rings is 1. The lowest BCUT2D eigenvalue weighted by atomic mass is 10.2. The van der Waals surface area contributed by atoms with Gasteiger partial charge in [-0.25, -0.2) is 4.98 Å². The average Bonchev–Trinajstić information content (AvgIpc) is 2.47. The Labute approximate surface area is 91.3 Å². The minimum atomic E-state index is 0.929. The average molecular weight is 254 g/mol. The lowest BCUT2D eigenvalue weighted by molar-refractivity contribution is 0.404. The first-order valence-electron chi connectivity index (χ1n) is 4.43. The number of H-pyrrole nitrogens is 1. The van der Waals surface area contributed by atoms with Crippen LogP contribution in [0.4, 0.5) is 0 Å². The highest BCUT2D eigenvalue weighted by atomic mass is 79.9. The zero-order chi connectivity index (χ0) is 10.1. The smallest absolute Gasteiger partial charge is 0.137 e. The van der Waals surface area contributed by atoms with Gasteiger partial charge < -0.3 is 9.88 Å². The maximum absolute atomic E-state index is 4.29. The summed E-state index contributed by atoms with van der Waals surface area (Å²) in [6.07, 6.45) is 3.82. The van der Waals surface area contributed by atoms with Gasteiger partial charge in [-0.05, 0) is 41.7 Å². The van der Waals surface area contributed by atoms with Crippen LogP contribution < -0.4 is 0 Å². The predicted molar refractivity (Wildman–Crippen MR) is 61.2 cm³/mol. The van der Waals surface area contributed by atoms with Crippen LogP contribution in [0.3, 0.4) is 0 Å². The van der Waals surface area contributed by atoms with Crippen molar-refractivity contribution in [3.05, 3.63) is 28.5 Å². The number of hydrogen-bond acceptors (Lipinski definition) is 2. The minimum absolute atomic E-state index is 0.929. The Morgan fingerprint density at radius 3 is 3.00 bits per heavy atom. The van der Waals surface area contributed by atoms with Crippen LogP contribution in [0.5, 0.6) is 0 Å². The van der Waals surface area contributed by atoms with Crippen molar-refractivity contribution in [1.82, 2.24) is 14.9 Å². The van der Waals surface area contributed by atoms with Crippen molar-refractivity contribution in [1.29, 1.82) is 0 Å². The predicted octanol–water partition coefficient (Wildman–Crippen LogP) is 2.39. The zero-order valence-corrected chi connectivity index (χ0v) is 9.80. The summed E-state index contributed by atoms with van der Waals surface area (Å²) in [6.45, 7) is 0.929. The molecule has 0 atom stereocenters. The molecule has 2 heterocycles. The number of aromatic amines is 1. The molecule has 2 rings (SSSR count). The van der Waals surface area contributed by atoms with E-state index in [4.69, 9.17) is 0 Å². The molecule has 4 heteroatoms. The molecule has 0 aliphatic rings. The van der Waals surface area contributed by atoms with E-state index in [0.717, 1.165) is 16.7 Å². The second-order valence-corrected chi connectivity index (χ2v) is 4.52. The molecule has 0 radical (unpaired) electrons. The van der Waals surface area contributed by atoms with E-state index in [2.05, 4.69) is 51.0 Å². The molecule has 2 aromatic rings. The first-order valence-corrected chi connectivity index (χ1v) is 5.22. The molecule has 1 N–H and O–H groups in total. The standard InChI is InChI=1S/C10H12BrN3/c1-14(2)6-7-4-12-10-9(7)3-8(11)5-13-10/h3-5H,6H2,1-2H3,(H,12,13). The van der Waals surface area contributed by atoms with Crippen LogP contribution in [0.25, 0.3) is 11.0 Å². The number of aromatic nitrogens is 2. The second kappa shape index (κ2) is 3.71. The Kier molecular flexibility index (Phi) is 2.56. The fourth-order valence-corrected chi connectivity index (χ4v) is 1.84. The topological polar surface area (TPSA) is 31.9 Å². The van der Waals surface area contributed by atoms with Crippen molar-refractivity contribution in [3.8, 4) is 0 Å². The third-order valence-corrected chi connectivity index (χ3v) is 2.50. The van der Waals surface area contributed by atoms with Crippen LogP contribution in [0.1, 0.15) is 5.56 Å². The van der Waals surface area contributed by atoms with Gasteiger partial charge in [-0.1, -0.05) is 0 Å². The monoisotopic (exact) mass is 253 g/mol. The molecule has 0 bridgehead atoms. The van der Waals surface area contributed by atoms with Crippen molar-refractivity contribution in [2.75, 3.05) is 14.1 Å². The van der Waals surface area contributed by atoms with Crippen molar-refractivity contribution in [2.24, 2.45) is 0 Å². The molecule has 14 heavy (non-hydrogen) atoms. The molecule has 0 fully saturated rings. The van der Waals surface area contributed by atoms with E-state index in [0.29, 0.717) is 0 Å². The van der Waals surface area contributed by atoms with Gasteiger partial charge in [-0.2, -0.15) is 0 Å². The minimum Gasteiger partial charge on any atom is -0.346 e.